The smallest absolute Gasteiger partial charge is 0.266 e. The first-order valence-corrected chi connectivity index (χ1v) is 8.67. The number of hydrogen-bond acceptors (Lipinski definition) is 5. The summed E-state index contributed by atoms with van der Waals surface area (Å²) in [7, 11) is 0. The normalized spacial score (nSPS) is 20.1. The van der Waals surface area contributed by atoms with E-state index in [1.54, 1.807) is 22.7 Å². The summed E-state index contributed by atoms with van der Waals surface area (Å²) in [6.07, 6.45) is 3.61. The van der Waals surface area contributed by atoms with Crippen molar-refractivity contribution in [2.75, 3.05) is 18.0 Å². The van der Waals surface area contributed by atoms with E-state index >= 15 is 0 Å². The van der Waals surface area contributed by atoms with Crippen molar-refractivity contribution in [1.29, 1.82) is 0 Å². The van der Waals surface area contributed by atoms with Crippen LogP contribution in [0, 0.1) is 0 Å². The number of halogens is 2. The van der Waals surface area contributed by atoms with Gasteiger partial charge in [-0.2, -0.15) is 5.10 Å². The van der Waals surface area contributed by atoms with Gasteiger partial charge >= 0.3 is 0 Å². The largest absolute Gasteiger partial charge is 0.410 e. The average Bonchev–Trinajstić information content (AvgIpc) is 3.30. The first kappa shape index (κ1) is 16.9. The van der Waals surface area contributed by atoms with Gasteiger partial charge in [-0.05, 0) is 25.8 Å². The molecule has 7 nitrogen and oxygen atoms in total. The zero-order valence-corrected chi connectivity index (χ0v) is 14.5. The zero-order chi connectivity index (χ0) is 18.5. The van der Waals surface area contributed by atoms with E-state index in [4.69, 9.17) is 15.6 Å². The summed E-state index contributed by atoms with van der Waals surface area (Å²) in [5.74, 6) is -1.74. The fourth-order valence-electron chi connectivity index (χ4n) is 3.29. The molecule has 2 aliphatic rings. The number of fused-ring (bicyclic) bond motifs is 1. The molecule has 0 bridgehead atoms. The number of aromatic nitrogens is 3. The van der Waals surface area contributed by atoms with E-state index in [1.807, 2.05) is 6.07 Å². The van der Waals surface area contributed by atoms with Crippen LogP contribution in [0.4, 0.5) is 14.6 Å². The molecule has 3 N–H and O–H groups in total. The molecule has 2 aromatic rings. The van der Waals surface area contributed by atoms with Gasteiger partial charge in [0.1, 0.15) is 18.1 Å². The Kier molecular flexibility index (Phi) is 3.89. The van der Waals surface area contributed by atoms with Gasteiger partial charge in [-0.1, -0.05) is 5.16 Å². The lowest BCUT2D eigenvalue weighted by molar-refractivity contribution is -0.113. The highest BCUT2D eigenvalue weighted by molar-refractivity contribution is 6.38. The number of rotatable bonds is 5. The summed E-state index contributed by atoms with van der Waals surface area (Å²) in [5.41, 5.74) is 2.43. The van der Waals surface area contributed by atoms with Gasteiger partial charge < -0.3 is 10.1 Å². The highest BCUT2D eigenvalue weighted by Crippen LogP contribution is 2.42. The molecule has 4 rings (SSSR count). The van der Waals surface area contributed by atoms with Crippen molar-refractivity contribution in [3.8, 4) is 0 Å². The van der Waals surface area contributed by atoms with Crippen LogP contribution in [-0.4, -0.2) is 50.4 Å². The fourth-order valence-corrected chi connectivity index (χ4v) is 3.29. The number of alkyl halides is 2. The Labute approximate surface area is 148 Å². The molecule has 0 aromatic carbocycles. The molecule has 2 fully saturated rings. The van der Waals surface area contributed by atoms with Crippen LogP contribution in [0.3, 0.4) is 0 Å². The lowest BCUT2D eigenvalue weighted by Gasteiger charge is -2.19. The second-order valence-corrected chi connectivity index (χ2v) is 7.12. The van der Waals surface area contributed by atoms with Gasteiger partial charge in [-0.15, -0.1) is 0 Å². The minimum absolute atomic E-state index is 0.162. The molecular formula is C17H21F2N6O+. The molecule has 1 aliphatic heterocycles. The standard InChI is InChI=1S/C17H20F2N6O/c1-10(23-26)13(20)8-25-15-6-14(11-2-3-11)22-16(12(15)7-21-25)24-5-4-17(18,19)9-24/h6-7,11,20,26H,2-5,8-9H2,1H3/p+1/b20-13?,23-10-. The summed E-state index contributed by atoms with van der Waals surface area (Å²) in [4.78, 5) is 6.34. The molecule has 0 radical (unpaired) electrons. The Morgan fingerprint density at radius 3 is 2.85 bits per heavy atom. The van der Waals surface area contributed by atoms with Crippen LogP contribution in [0.1, 0.15) is 37.8 Å². The summed E-state index contributed by atoms with van der Waals surface area (Å²) >= 11 is 0. The minimum Gasteiger partial charge on any atom is -0.410 e. The van der Waals surface area contributed by atoms with Crippen molar-refractivity contribution in [2.45, 2.75) is 44.6 Å². The Balaban J connectivity index is 1.76. The second kappa shape index (κ2) is 6.00. The third-order valence-corrected chi connectivity index (χ3v) is 5.04. The maximum absolute atomic E-state index is 13.7. The number of pyridine rings is 1. The molecule has 1 saturated carbocycles. The van der Waals surface area contributed by atoms with E-state index in [1.165, 1.54) is 0 Å². The average molecular weight is 363 g/mol. The number of hydrogen-bond donors (Lipinski definition) is 2. The topological polar surface area (TPSA) is 92.1 Å². The number of nitrogens with zero attached hydrogens (tertiary/aromatic N) is 5. The van der Waals surface area contributed by atoms with Crippen molar-refractivity contribution < 1.29 is 19.4 Å². The first-order valence-electron chi connectivity index (χ1n) is 8.67. The van der Waals surface area contributed by atoms with Gasteiger partial charge in [0.05, 0.1) is 23.6 Å². The van der Waals surface area contributed by atoms with Crippen LogP contribution in [0.5, 0.6) is 0 Å². The van der Waals surface area contributed by atoms with Crippen LogP contribution in [0.15, 0.2) is 17.4 Å². The van der Waals surface area contributed by atoms with E-state index in [0.29, 0.717) is 23.2 Å². The molecular weight excluding hydrogens is 342 g/mol. The third-order valence-electron chi connectivity index (χ3n) is 5.04. The van der Waals surface area contributed by atoms with Crippen molar-refractivity contribution in [1.82, 2.24) is 14.8 Å². The third kappa shape index (κ3) is 3.02. The van der Waals surface area contributed by atoms with Crippen LogP contribution >= 0.6 is 0 Å². The SMILES string of the molecule is C/C(=N/O)C(=[NH2+])Cn1ncc2c(N3CCC(F)(F)C3)nc(C3CC3)cc21. The Hall–Kier alpha value is -2.58. The first-order chi connectivity index (χ1) is 12.4. The van der Waals surface area contributed by atoms with Crippen molar-refractivity contribution in [3.63, 3.8) is 0 Å². The van der Waals surface area contributed by atoms with Crippen molar-refractivity contribution in [3.05, 3.63) is 18.0 Å². The quantitative estimate of drug-likeness (QED) is 0.474. The van der Waals surface area contributed by atoms with Crippen LogP contribution in [-0.2, 0) is 6.54 Å². The predicted octanol–water partition coefficient (Wildman–Crippen LogP) is 1.20. The maximum atomic E-state index is 13.7. The zero-order valence-electron chi connectivity index (χ0n) is 14.5. The summed E-state index contributed by atoms with van der Waals surface area (Å²) < 4.78 is 29.1. The van der Waals surface area contributed by atoms with Gasteiger partial charge in [0.2, 0.25) is 5.71 Å². The summed E-state index contributed by atoms with van der Waals surface area (Å²) in [5, 5.41) is 23.0. The highest BCUT2D eigenvalue weighted by Gasteiger charge is 2.40. The molecule has 2 aromatic heterocycles. The van der Waals surface area contributed by atoms with E-state index < -0.39 is 5.92 Å². The Morgan fingerprint density at radius 2 is 2.23 bits per heavy atom. The lowest BCUT2D eigenvalue weighted by Crippen LogP contribution is -2.46. The molecule has 0 spiro atoms. The fraction of sp³-hybridized carbons (Fsp3) is 0.529. The van der Waals surface area contributed by atoms with Gasteiger partial charge in [-0.25, -0.2) is 13.8 Å². The Morgan fingerprint density at radius 1 is 1.46 bits per heavy atom. The molecule has 1 aliphatic carbocycles. The molecule has 3 heterocycles. The molecule has 1 saturated heterocycles. The van der Waals surface area contributed by atoms with E-state index in [0.717, 1.165) is 29.4 Å². The minimum atomic E-state index is -2.69. The lowest BCUT2D eigenvalue weighted by atomic mass is 10.2. The molecule has 26 heavy (non-hydrogen) atoms. The second-order valence-electron chi connectivity index (χ2n) is 7.12. The van der Waals surface area contributed by atoms with E-state index in [-0.39, 0.29) is 26.1 Å². The van der Waals surface area contributed by atoms with Crippen LogP contribution in [0.2, 0.25) is 0 Å². The molecule has 0 amide bonds. The molecule has 138 valence electrons. The maximum Gasteiger partial charge on any atom is 0.266 e. The molecule has 0 unspecified atom stereocenters. The van der Waals surface area contributed by atoms with Crippen molar-refractivity contribution in [2.24, 2.45) is 5.16 Å². The molecule has 0 atom stereocenters. The van der Waals surface area contributed by atoms with E-state index in [9.17, 15) is 8.78 Å². The van der Waals surface area contributed by atoms with Gasteiger partial charge in [0, 0.05) is 24.6 Å². The van der Waals surface area contributed by atoms with Crippen molar-refractivity contribution >= 4 is 28.1 Å². The summed E-state index contributed by atoms with van der Waals surface area (Å²) in [6.45, 7) is 1.82. The highest BCUT2D eigenvalue weighted by atomic mass is 19.3. The molecule has 9 heteroatoms. The number of oxime groups is 1. The number of nitrogens with two attached hydrogens (primary N) is 1. The van der Waals surface area contributed by atoms with Gasteiger partial charge in [0.15, 0.2) is 0 Å². The van der Waals surface area contributed by atoms with Crippen LogP contribution in [0.25, 0.3) is 10.9 Å². The number of anilines is 1. The van der Waals surface area contributed by atoms with E-state index in [2.05, 4.69) is 10.3 Å². The predicted molar refractivity (Wildman–Crippen MR) is 93.1 cm³/mol. The monoisotopic (exact) mass is 363 g/mol. The van der Waals surface area contributed by atoms with Crippen LogP contribution < -0.4 is 10.3 Å². The van der Waals surface area contributed by atoms with Gasteiger partial charge in [-0.3, -0.25) is 10.1 Å². The Bertz CT molecular complexity index is 902. The summed E-state index contributed by atoms with van der Waals surface area (Å²) in [6, 6.07) is 1.97. The van der Waals surface area contributed by atoms with Gasteiger partial charge in [0.25, 0.3) is 5.92 Å².